The number of amides is 1. The van der Waals surface area contributed by atoms with Gasteiger partial charge in [0.25, 0.3) is 0 Å². The van der Waals surface area contributed by atoms with E-state index in [-0.39, 0.29) is 41.3 Å². The van der Waals surface area contributed by atoms with Crippen molar-refractivity contribution >= 4 is 23.6 Å². The van der Waals surface area contributed by atoms with Crippen LogP contribution in [0.15, 0.2) is 30.5 Å². The number of hydrogen-bond donors (Lipinski definition) is 1. The summed E-state index contributed by atoms with van der Waals surface area (Å²) < 4.78 is 45.6. The number of nitrogens with zero attached hydrogens (tertiary/aromatic N) is 3. The lowest BCUT2D eigenvalue weighted by Gasteiger charge is -2.19. The Morgan fingerprint density at radius 3 is 2.45 bits per heavy atom. The summed E-state index contributed by atoms with van der Waals surface area (Å²) in [6.45, 7) is 0.979. The van der Waals surface area contributed by atoms with Gasteiger partial charge >= 0.3 is 18.2 Å². The number of carboxylic acids is 1. The van der Waals surface area contributed by atoms with E-state index in [0.717, 1.165) is 16.8 Å². The zero-order valence-corrected chi connectivity index (χ0v) is 16.9. The summed E-state index contributed by atoms with van der Waals surface area (Å²) >= 11 is 6.02. The average Bonchev–Trinajstić information content (AvgIpc) is 3.40. The molecular formula is C20H19ClF3N3O4. The monoisotopic (exact) mass is 457 g/mol. The predicted molar refractivity (Wildman–Crippen MR) is 103 cm³/mol. The molecule has 0 radical (unpaired) electrons. The standard InChI is InChI=1S/C20H19ClF3N3O4/c21-16-2-1-14(20(22,23)24)5-13(16)10-31-15-6-11-8-26(9-12(11)7-15)19(30)27-4-3-17(25-27)18(28)29/h1-5,11-12,15H,6-10H2,(H,28,29)/t11-,12+,15+. The molecule has 1 N–H and O–H groups in total. The van der Waals surface area contributed by atoms with Gasteiger partial charge in [-0.15, -0.1) is 0 Å². The first-order valence-electron chi connectivity index (χ1n) is 9.67. The molecule has 2 heterocycles. The van der Waals surface area contributed by atoms with E-state index in [1.54, 1.807) is 4.90 Å². The average molecular weight is 458 g/mol. The third-order valence-corrected chi connectivity index (χ3v) is 6.20. The fourth-order valence-corrected chi connectivity index (χ4v) is 4.47. The van der Waals surface area contributed by atoms with E-state index in [4.69, 9.17) is 21.4 Å². The largest absolute Gasteiger partial charge is 0.476 e. The number of carbonyl (C=O) groups excluding carboxylic acids is 1. The number of aromatic carboxylic acids is 1. The maximum absolute atomic E-state index is 12.9. The smallest absolute Gasteiger partial charge is 0.416 e. The summed E-state index contributed by atoms with van der Waals surface area (Å²) in [6, 6.07) is 4.06. The molecule has 1 aliphatic heterocycles. The maximum Gasteiger partial charge on any atom is 0.416 e. The molecule has 2 aromatic rings. The number of ether oxygens (including phenoxy) is 1. The van der Waals surface area contributed by atoms with E-state index < -0.39 is 17.7 Å². The highest BCUT2D eigenvalue weighted by Gasteiger charge is 2.43. The van der Waals surface area contributed by atoms with Gasteiger partial charge in [-0.3, -0.25) is 0 Å². The highest BCUT2D eigenvalue weighted by Crippen LogP contribution is 2.40. The van der Waals surface area contributed by atoms with Crippen molar-refractivity contribution < 1.29 is 32.6 Å². The van der Waals surface area contributed by atoms with E-state index in [9.17, 15) is 22.8 Å². The highest BCUT2D eigenvalue weighted by atomic mass is 35.5. The zero-order valence-electron chi connectivity index (χ0n) is 16.2. The Morgan fingerprint density at radius 1 is 1.19 bits per heavy atom. The van der Waals surface area contributed by atoms with Crippen molar-refractivity contribution in [1.29, 1.82) is 0 Å². The van der Waals surface area contributed by atoms with Crippen LogP contribution in [0.5, 0.6) is 0 Å². The molecule has 31 heavy (non-hydrogen) atoms. The number of likely N-dealkylation sites (tertiary alicyclic amines) is 1. The summed E-state index contributed by atoms with van der Waals surface area (Å²) in [4.78, 5) is 25.1. The van der Waals surface area contributed by atoms with E-state index in [1.807, 2.05) is 0 Å². The Morgan fingerprint density at radius 2 is 1.87 bits per heavy atom. The fraction of sp³-hybridized carbons (Fsp3) is 0.450. The van der Waals surface area contributed by atoms with Crippen LogP contribution in [0.3, 0.4) is 0 Å². The van der Waals surface area contributed by atoms with Crippen molar-refractivity contribution in [2.75, 3.05) is 13.1 Å². The molecule has 1 aliphatic carbocycles. The molecule has 1 saturated heterocycles. The van der Waals surface area contributed by atoms with Crippen LogP contribution < -0.4 is 0 Å². The van der Waals surface area contributed by atoms with Crippen molar-refractivity contribution in [2.24, 2.45) is 11.8 Å². The molecule has 3 atom stereocenters. The molecule has 1 amide bonds. The molecule has 2 aliphatic rings. The minimum atomic E-state index is -4.44. The van der Waals surface area contributed by atoms with Crippen molar-refractivity contribution in [2.45, 2.75) is 31.7 Å². The molecule has 1 saturated carbocycles. The first-order chi connectivity index (χ1) is 14.6. The van der Waals surface area contributed by atoms with Gasteiger partial charge in [0.15, 0.2) is 5.69 Å². The Kier molecular flexibility index (Phi) is 5.69. The highest BCUT2D eigenvalue weighted by molar-refractivity contribution is 6.31. The SMILES string of the molecule is O=C(O)c1ccn(C(=O)N2C[C@H]3C[C@H](OCc4cc(C(F)(F)F)ccc4Cl)C[C@H]3C2)n1. The van der Waals surface area contributed by atoms with Gasteiger partial charge in [0, 0.05) is 24.3 Å². The topological polar surface area (TPSA) is 84.7 Å². The molecule has 2 fully saturated rings. The minimum Gasteiger partial charge on any atom is -0.476 e. The van der Waals surface area contributed by atoms with Gasteiger partial charge in [0.05, 0.1) is 18.3 Å². The van der Waals surface area contributed by atoms with Crippen LogP contribution in [0.25, 0.3) is 0 Å². The fourth-order valence-electron chi connectivity index (χ4n) is 4.30. The van der Waals surface area contributed by atoms with Gasteiger partial charge in [-0.25, -0.2) is 9.59 Å². The van der Waals surface area contributed by atoms with Crippen molar-refractivity contribution in [3.8, 4) is 0 Å². The lowest BCUT2D eigenvalue weighted by atomic mass is 10.0. The Bertz CT molecular complexity index is 996. The van der Waals surface area contributed by atoms with Crippen LogP contribution in [0.1, 0.15) is 34.5 Å². The minimum absolute atomic E-state index is 0.0131. The van der Waals surface area contributed by atoms with Crippen LogP contribution in [-0.4, -0.2) is 51.0 Å². The quantitative estimate of drug-likeness (QED) is 0.745. The summed E-state index contributed by atoms with van der Waals surface area (Å²) in [6.07, 6.45) is -1.87. The molecule has 166 valence electrons. The summed E-state index contributed by atoms with van der Waals surface area (Å²) in [5.41, 5.74) is -0.676. The number of rotatable bonds is 4. The van der Waals surface area contributed by atoms with Gasteiger partial charge in [-0.1, -0.05) is 11.6 Å². The summed E-state index contributed by atoms with van der Waals surface area (Å²) in [7, 11) is 0. The number of carbonyl (C=O) groups is 2. The normalized spacial score (nSPS) is 23.2. The molecule has 11 heteroatoms. The Hall–Kier alpha value is -2.59. The predicted octanol–water partition coefficient (Wildman–Crippen LogP) is 4.15. The van der Waals surface area contributed by atoms with Gasteiger partial charge in [-0.2, -0.15) is 23.0 Å². The van der Waals surface area contributed by atoms with Crippen LogP contribution >= 0.6 is 11.6 Å². The first-order valence-corrected chi connectivity index (χ1v) is 10.0. The molecular weight excluding hydrogens is 439 g/mol. The number of aromatic nitrogens is 2. The number of hydrogen-bond acceptors (Lipinski definition) is 4. The molecule has 0 bridgehead atoms. The second-order valence-electron chi connectivity index (χ2n) is 7.87. The van der Waals surface area contributed by atoms with E-state index in [2.05, 4.69) is 5.10 Å². The van der Waals surface area contributed by atoms with Crippen LogP contribution in [0.2, 0.25) is 5.02 Å². The van der Waals surface area contributed by atoms with E-state index in [0.29, 0.717) is 31.5 Å². The number of carboxylic acid groups (broad SMARTS) is 1. The lowest BCUT2D eigenvalue weighted by molar-refractivity contribution is -0.137. The number of benzene rings is 1. The molecule has 1 aromatic heterocycles. The van der Waals surface area contributed by atoms with Crippen LogP contribution in [0, 0.1) is 11.8 Å². The molecule has 0 spiro atoms. The Labute approximate surface area is 180 Å². The van der Waals surface area contributed by atoms with E-state index in [1.165, 1.54) is 18.3 Å². The van der Waals surface area contributed by atoms with Crippen molar-refractivity contribution in [1.82, 2.24) is 14.7 Å². The van der Waals surface area contributed by atoms with Gasteiger partial charge in [-0.05, 0) is 54.5 Å². The second kappa shape index (κ2) is 8.16. The molecule has 4 rings (SSSR count). The van der Waals surface area contributed by atoms with Crippen LogP contribution in [0.4, 0.5) is 18.0 Å². The van der Waals surface area contributed by atoms with Crippen molar-refractivity contribution in [3.63, 3.8) is 0 Å². The third-order valence-electron chi connectivity index (χ3n) is 5.83. The second-order valence-corrected chi connectivity index (χ2v) is 8.27. The number of alkyl halides is 3. The number of halogens is 4. The first kappa shape index (κ1) is 21.6. The molecule has 7 nitrogen and oxygen atoms in total. The van der Waals surface area contributed by atoms with Gasteiger partial charge in [0.2, 0.25) is 0 Å². The third kappa shape index (κ3) is 4.54. The van der Waals surface area contributed by atoms with Gasteiger partial charge in [0.1, 0.15) is 0 Å². The lowest BCUT2D eigenvalue weighted by Crippen LogP contribution is -2.34. The number of fused-ring (bicyclic) bond motifs is 1. The Balaban J connectivity index is 1.32. The van der Waals surface area contributed by atoms with E-state index >= 15 is 0 Å². The maximum atomic E-state index is 12.9. The summed E-state index contributed by atoms with van der Waals surface area (Å²) in [5, 5.41) is 12.9. The van der Waals surface area contributed by atoms with Gasteiger partial charge < -0.3 is 14.7 Å². The molecule has 1 aromatic carbocycles. The van der Waals surface area contributed by atoms with Crippen molar-refractivity contribution in [3.05, 3.63) is 52.3 Å². The molecule has 0 unspecified atom stereocenters. The zero-order chi connectivity index (χ0) is 22.3. The van der Waals surface area contributed by atoms with Crippen LogP contribution in [-0.2, 0) is 17.5 Å². The summed E-state index contributed by atoms with van der Waals surface area (Å²) in [5.74, 6) is -0.786.